The van der Waals surface area contributed by atoms with Gasteiger partial charge >= 0.3 is 23.9 Å². The molecule has 73 heavy (non-hydrogen) atoms. The number of carbonyl (C=O) groups is 4. The van der Waals surface area contributed by atoms with E-state index in [1.54, 1.807) is 0 Å². The summed E-state index contributed by atoms with van der Waals surface area (Å²) in [5, 5.41) is 0. The molecule has 0 aliphatic heterocycles. The molecule has 0 rings (SSSR count). The Hall–Kier alpha value is -2.20. The minimum absolute atomic E-state index is 0.196. The molecule has 0 amide bonds. The quantitative estimate of drug-likeness (QED) is 0.0332. The van der Waals surface area contributed by atoms with Crippen molar-refractivity contribution in [3.63, 3.8) is 0 Å². The molecular formula is C63H122N2O8. The summed E-state index contributed by atoms with van der Waals surface area (Å²) in [6.45, 7) is 14.2. The number of ether oxygens (including phenoxy) is 4. The SMILES string of the molecule is CCCCCCCCCCCCOC(=O)CCN(CCCN(CCC(=O)OCCCCCCCCCCCC)CCC(=O)OCCCCCCCCCCCC)CCC(=O)OCCCCCCCCCCCC. The van der Waals surface area contributed by atoms with Gasteiger partial charge in [0.2, 0.25) is 0 Å². The molecule has 10 nitrogen and oxygen atoms in total. The zero-order valence-electron chi connectivity index (χ0n) is 49.1. The number of esters is 4. The van der Waals surface area contributed by atoms with Gasteiger partial charge in [0, 0.05) is 26.2 Å². The van der Waals surface area contributed by atoms with Crippen molar-refractivity contribution in [1.82, 2.24) is 9.80 Å². The molecule has 0 radical (unpaired) electrons. The molecule has 0 bridgehead atoms. The summed E-state index contributed by atoms with van der Waals surface area (Å²) in [7, 11) is 0. The summed E-state index contributed by atoms with van der Waals surface area (Å²) >= 11 is 0. The molecule has 10 heteroatoms. The van der Waals surface area contributed by atoms with Crippen molar-refractivity contribution in [2.75, 3.05) is 65.7 Å². The highest BCUT2D eigenvalue weighted by atomic mass is 16.5. The molecule has 0 atom stereocenters. The van der Waals surface area contributed by atoms with Crippen molar-refractivity contribution in [2.24, 2.45) is 0 Å². The lowest BCUT2D eigenvalue weighted by Gasteiger charge is -2.25. The Labute approximate surface area is 452 Å². The third kappa shape index (κ3) is 55.8. The highest BCUT2D eigenvalue weighted by molar-refractivity contribution is 5.71. The fourth-order valence-electron chi connectivity index (χ4n) is 9.58. The van der Waals surface area contributed by atoms with Gasteiger partial charge in [-0.15, -0.1) is 0 Å². The lowest BCUT2D eigenvalue weighted by Crippen LogP contribution is -2.35. The molecule has 0 saturated heterocycles. The zero-order chi connectivity index (χ0) is 53.2. The number of unbranched alkanes of at least 4 members (excludes halogenated alkanes) is 36. The molecule has 0 aromatic heterocycles. The highest BCUT2D eigenvalue weighted by Gasteiger charge is 2.16. The second-order valence-corrected chi connectivity index (χ2v) is 21.6. The summed E-state index contributed by atoms with van der Waals surface area (Å²) < 4.78 is 22.6. The lowest BCUT2D eigenvalue weighted by molar-refractivity contribution is -0.146. The van der Waals surface area contributed by atoms with E-state index >= 15 is 0 Å². The van der Waals surface area contributed by atoms with Gasteiger partial charge in [-0.1, -0.05) is 259 Å². The van der Waals surface area contributed by atoms with Crippen LogP contribution >= 0.6 is 0 Å². The first-order valence-electron chi connectivity index (χ1n) is 31.9. The minimum atomic E-state index is -0.196. The first-order valence-corrected chi connectivity index (χ1v) is 31.9. The van der Waals surface area contributed by atoms with E-state index in [0.717, 1.165) is 57.8 Å². The normalized spacial score (nSPS) is 11.5. The van der Waals surface area contributed by atoms with Crippen LogP contribution in [0.2, 0.25) is 0 Å². The number of hydrogen-bond donors (Lipinski definition) is 0. The van der Waals surface area contributed by atoms with Crippen LogP contribution in [-0.4, -0.2) is 99.4 Å². The maximum atomic E-state index is 12.9. The molecule has 0 N–H and O–H groups in total. The van der Waals surface area contributed by atoms with Crippen LogP contribution in [0.4, 0.5) is 0 Å². The van der Waals surface area contributed by atoms with Crippen LogP contribution in [-0.2, 0) is 38.1 Å². The third-order valence-electron chi connectivity index (χ3n) is 14.5. The van der Waals surface area contributed by atoms with Crippen molar-refractivity contribution < 1.29 is 38.1 Å². The fourth-order valence-corrected chi connectivity index (χ4v) is 9.58. The van der Waals surface area contributed by atoms with Gasteiger partial charge in [-0.2, -0.15) is 0 Å². The number of hydrogen-bond acceptors (Lipinski definition) is 10. The standard InChI is InChI=1S/C63H122N2O8/c1-5-9-13-17-21-25-29-33-37-41-56-70-60(66)46-52-64(53-47-61(67)71-57-42-38-34-30-26-22-18-14-10-6-2)50-45-51-65(54-48-62(68)72-58-43-39-35-31-27-23-19-15-11-7-3)55-49-63(69)73-59-44-40-36-32-28-24-20-16-12-8-4/h5-59H2,1-4H3. The summed E-state index contributed by atoms with van der Waals surface area (Å²) in [5.41, 5.74) is 0. The van der Waals surface area contributed by atoms with Crippen LogP contribution in [0.5, 0.6) is 0 Å². The number of nitrogens with zero attached hydrogens (tertiary/aromatic N) is 2. The molecule has 0 fully saturated rings. The van der Waals surface area contributed by atoms with Crippen LogP contribution in [0.25, 0.3) is 0 Å². The van der Waals surface area contributed by atoms with Gasteiger partial charge in [0.25, 0.3) is 0 Å². The Bertz CT molecular complexity index is 1010. The largest absolute Gasteiger partial charge is 0.466 e. The molecule has 0 aromatic rings. The molecule has 0 spiro atoms. The van der Waals surface area contributed by atoms with E-state index in [-0.39, 0.29) is 49.6 Å². The van der Waals surface area contributed by atoms with Gasteiger partial charge in [0.1, 0.15) is 0 Å². The van der Waals surface area contributed by atoms with E-state index < -0.39 is 0 Å². The monoisotopic (exact) mass is 1030 g/mol. The van der Waals surface area contributed by atoms with Gasteiger partial charge < -0.3 is 28.7 Å². The second-order valence-electron chi connectivity index (χ2n) is 21.6. The van der Waals surface area contributed by atoms with Gasteiger partial charge in [0.15, 0.2) is 0 Å². The van der Waals surface area contributed by atoms with E-state index in [4.69, 9.17) is 18.9 Å². The van der Waals surface area contributed by atoms with Gasteiger partial charge in [-0.05, 0) is 45.2 Å². The van der Waals surface area contributed by atoms with Crippen LogP contribution in [0.15, 0.2) is 0 Å². The van der Waals surface area contributed by atoms with E-state index in [9.17, 15) is 19.2 Å². The topological polar surface area (TPSA) is 112 Å². The Morgan fingerprint density at radius 1 is 0.219 bits per heavy atom. The molecule has 0 aliphatic rings. The maximum Gasteiger partial charge on any atom is 0.307 e. The third-order valence-corrected chi connectivity index (χ3v) is 14.5. The Morgan fingerprint density at radius 3 is 0.562 bits per heavy atom. The number of rotatable bonds is 60. The summed E-state index contributed by atoms with van der Waals surface area (Å²) in [4.78, 5) is 56.0. The second kappa shape index (κ2) is 59.1. The average molecular weight is 1040 g/mol. The van der Waals surface area contributed by atoms with Crippen molar-refractivity contribution in [3.05, 3.63) is 0 Å². The van der Waals surface area contributed by atoms with Crippen molar-refractivity contribution in [1.29, 1.82) is 0 Å². The van der Waals surface area contributed by atoms with Gasteiger partial charge in [0.05, 0.1) is 52.1 Å². The van der Waals surface area contributed by atoms with Crippen LogP contribution < -0.4 is 0 Å². The van der Waals surface area contributed by atoms with E-state index in [1.165, 1.54) is 205 Å². The number of carbonyl (C=O) groups excluding carboxylic acids is 4. The van der Waals surface area contributed by atoms with Crippen LogP contribution in [0, 0.1) is 0 Å². The first-order chi connectivity index (χ1) is 35.9. The minimum Gasteiger partial charge on any atom is -0.466 e. The predicted molar refractivity (Wildman–Crippen MR) is 307 cm³/mol. The van der Waals surface area contributed by atoms with Crippen molar-refractivity contribution in [3.8, 4) is 0 Å². The van der Waals surface area contributed by atoms with E-state index in [0.29, 0.717) is 65.7 Å². The zero-order valence-corrected chi connectivity index (χ0v) is 49.1. The summed E-state index contributed by atoms with van der Waals surface area (Å²) in [6, 6.07) is 0. The molecule has 0 aliphatic carbocycles. The summed E-state index contributed by atoms with van der Waals surface area (Å²) in [5.74, 6) is -0.783. The molecule has 0 aromatic carbocycles. The smallest absolute Gasteiger partial charge is 0.307 e. The molecule has 0 heterocycles. The summed E-state index contributed by atoms with van der Waals surface area (Å²) in [6.07, 6.45) is 51.2. The van der Waals surface area contributed by atoms with Crippen LogP contribution in [0.1, 0.15) is 317 Å². The van der Waals surface area contributed by atoms with E-state index in [2.05, 4.69) is 37.5 Å². The van der Waals surface area contributed by atoms with Crippen molar-refractivity contribution >= 4 is 23.9 Å². The molecule has 0 unspecified atom stereocenters. The molecule has 432 valence electrons. The van der Waals surface area contributed by atoms with Gasteiger partial charge in [-0.3, -0.25) is 19.2 Å². The Balaban J connectivity index is 5.17. The first kappa shape index (κ1) is 70.8. The Kier molecular flexibility index (Phi) is 57.3. The predicted octanol–water partition coefficient (Wildman–Crippen LogP) is 17.4. The highest BCUT2D eigenvalue weighted by Crippen LogP contribution is 2.15. The van der Waals surface area contributed by atoms with Crippen molar-refractivity contribution in [2.45, 2.75) is 317 Å². The maximum absolute atomic E-state index is 12.9. The average Bonchev–Trinajstić information content (AvgIpc) is 3.39. The molecule has 0 saturated carbocycles. The van der Waals surface area contributed by atoms with Gasteiger partial charge in [-0.25, -0.2) is 0 Å². The molecular weight excluding hydrogens is 913 g/mol. The lowest BCUT2D eigenvalue weighted by atomic mass is 10.1. The van der Waals surface area contributed by atoms with E-state index in [1.807, 2.05) is 0 Å². The van der Waals surface area contributed by atoms with Crippen LogP contribution in [0.3, 0.4) is 0 Å². The Morgan fingerprint density at radius 2 is 0.384 bits per heavy atom. The fraction of sp³-hybridized carbons (Fsp3) is 0.937.